The van der Waals surface area contributed by atoms with Crippen molar-refractivity contribution in [3.8, 4) is 5.75 Å². The minimum Gasteiger partial charge on any atom is -0.483 e. The highest BCUT2D eigenvalue weighted by molar-refractivity contribution is 6.44. The van der Waals surface area contributed by atoms with Crippen LogP contribution in [0.5, 0.6) is 5.75 Å². The molecule has 0 unspecified atom stereocenters. The second-order valence-electron chi connectivity index (χ2n) is 5.43. The SMILES string of the molecule is CC[C@@H](C)c1ccccc1OCC(=O)Nc1cc(Cl)c(Cl)cc1Cl. The molecule has 0 bridgehead atoms. The lowest BCUT2D eigenvalue weighted by Crippen LogP contribution is -2.20. The number of ether oxygens (including phenoxy) is 1. The van der Waals surface area contributed by atoms with Crippen molar-refractivity contribution in [3.05, 3.63) is 57.0 Å². The summed E-state index contributed by atoms with van der Waals surface area (Å²) >= 11 is 17.9. The van der Waals surface area contributed by atoms with Crippen LogP contribution < -0.4 is 10.1 Å². The monoisotopic (exact) mass is 385 g/mol. The molecule has 0 radical (unpaired) electrons. The summed E-state index contributed by atoms with van der Waals surface area (Å²) in [6, 6.07) is 10.7. The van der Waals surface area contributed by atoms with Gasteiger partial charge in [-0.25, -0.2) is 0 Å². The predicted octanol–water partition coefficient (Wildman–Crippen LogP) is 6.18. The molecule has 24 heavy (non-hydrogen) atoms. The molecule has 0 aromatic heterocycles. The van der Waals surface area contributed by atoms with E-state index in [0.29, 0.717) is 32.4 Å². The van der Waals surface area contributed by atoms with Gasteiger partial charge in [-0.15, -0.1) is 0 Å². The lowest BCUT2D eigenvalue weighted by Gasteiger charge is -2.15. The topological polar surface area (TPSA) is 38.3 Å². The number of para-hydroxylation sites is 1. The molecule has 0 fully saturated rings. The quantitative estimate of drug-likeness (QED) is 0.602. The van der Waals surface area contributed by atoms with Crippen molar-refractivity contribution in [1.82, 2.24) is 0 Å². The van der Waals surface area contributed by atoms with Crippen molar-refractivity contribution in [2.45, 2.75) is 26.2 Å². The Morgan fingerprint density at radius 2 is 1.79 bits per heavy atom. The van der Waals surface area contributed by atoms with Crippen LogP contribution in [-0.2, 0) is 4.79 Å². The first-order valence-corrected chi connectivity index (χ1v) is 8.71. The van der Waals surface area contributed by atoms with E-state index in [1.807, 2.05) is 24.3 Å². The van der Waals surface area contributed by atoms with Gasteiger partial charge >= 0.3 is 0 Å². The molecule has 1 N–H and O–H groups in total. The normalized spacial score (nSPS) is 11.9. The molecule has 2 aromatic carbocycles. The fraction of sp³-hybridized carbons (Fsp3) is 0.278. The third-order valence-electron chi connectivity index (χ3n) is 3.71. The maximum absolute atomic E-state index is 12.1. The highest BCUT2D eigenvalue weighted by Crippen LogP contribution is 2.32. The summed E-state index contributed by atoms with van der Waals surface area (Å²) in [5.74, 6) is 0.741. The van der Waals surface area contributed by atoms with Crippen molar-refractivity contribution < 1.29 is 9.53 Å². The number of hydrogen-bond donors (Lipinski definition) is 1. The number of benzene rings is 2. The van der Waals surface area contributed by atoms with Gasteiger partial charge in [0.05, 0.1) is 20.8 Å². The maximum atomic E-state index is 12.1. The lowest BCUT2D eigenvalue weighted by molar-refractivity contribution is -0.118. The van der Waals surface area contributed by atoms with Gasteiger partial charge < -0.3 is 10.1 Å². The van der Waals surface area contributed by atoms with E-state index < -0.39 is 0 Å². The van der Waals surface area contributed by atoms with Crippen molar-refractivity contribution in [2.75, 3.05) is 11.9 Å². The molecule has 3 nitrogen and oxygen atoms in total. The Bertz CT molecular complexity index is 734. The molecule has 2 rings (SSSR count). The molecule has 0 aliphatic rings. The largest absolute Gasteiger partial charge is 0.483 e. The van der Waals surface area contributed by atoms with E-state index in [1.54, 1.807) is 0 Å². The van der Waals surface area contributed by atoms with Gasteiger partial charge in [-0.3, -0.25) is 4.79 Å². The van der Waals surface area contributed by atoms with Crippen molar-refractivity contribution >= 4 is 46.4 Å². The second kappa shape index (κ2) is 8.61. The third kappa shape index (κ3) is 4.79. The van der Waals surface area contributed by atoms with E-state index in [9.17, 15) is 4.79 Å². The molecule has 0 saturated heterocycles. The maximum Gasteiger partial charge on any atom is 0.262 e. The zero-order valence-electron chi connectivity index (χ0n) is 13.4. The number of hydrogen-bond acceptors (Lipinski definition) is 2. The van der Waals surface area contributed by atoms with Crippen LogP contribution in [0.25, 0.3) is 0 Å². The fourth-order valence-corrected chi connectivity index (χ4v) is 2.78. The predicted molar refractivity (Wildman–Crippen MR) is 101 cm³/mol. The van der Waals surface area contributed by atoms with Crippen LogP contribution in [-0.4, -0.2) is 12.5 Å². The number of anilines is 1. The highest BCUT2D eigenvalue weighted by atomic mass is 35.5. The Morgan fingerprint density at radius 3 is 2.50 bits per heavy atom. The summed E-state index contributed by atoms with van der Waals surface area (Å²) in [6.07, 6.45) is 0.992. The Hall–Kier alpha value is -1.42. The molecule has 0 spiro atoms. The molecule has 0 aliphatic carbocycles. The standard InChI is InChI=1S/C18H18Cl3NO2/c1-3-11(2)12-6-4-5-7-17(12)24-10-18(23)22-16-9-14(20)13(19)8-15(16)21/h4-9,11H,3,10H2,1-2H3,(H,22,23)/t11-/m1/s1. The van der Waals surface area contributed by atoms with Gasteiger partial charge in [0.25, 0.3) is 5.91 Å². The first kappa shape index (κ1) is 18.9. The summed E-state index contributed by atoms with van der Waals surface area (Å²) in [5, 5.41) is 3.64. The van der Waals surface area contributed by atoms with Gasteiger partial charge in [-0.1, -0.05) is 66.8 Å². The van der Waals surface area contributed by atoms with E-state index in [0.717, 1.165) is 12.0 Å². The Morgan fingerprint density at radius 1 is 1.12 bits per heavy atom. The molecule has 0 aliphatic heterocycles. The summed E-state index contributed by atoms with van der Waals surface area (Å²) < 4.78 is 5.67. The summed E-state index contributed by atoms with van der Waals surface area (Å²) in [4.78, 5) is 12.1. The fourth-order valence-electron chi connectivity index (χ4n) is 2.19. The molecule has 1 atom stereocenters. The van der Waals surface area contributed by atoms with Crippen LogP contribution in [0.4, 0.5) is 5.69 Å². The molecule has 128 valence electrons. The van der Waals surface area contributed by atoms with E-state index in [-0.39, 0.29) is 12.5 Å². The first-order chi connectivity index (χ1) is 11.4. The molecular weight excluding hydrogens is 369 g/mol. The van der Waals surface area contributed by atoms with E-state index in [4.69, 9.17) is 39.5 Å². The number of halogens is 3. The summed E-state index contributed by atoms with van der Waals surface area (Å²) in [6.45, 7) is 4.11. The van der Waals surface area contributed by atoms with Crippen LogP contribution in [0, 0.1) is 0 Å². The average Bonchev–Trinajstić information content (AvgIpc) is 2.57. The summed E-state index contributed by atoms with van der Waals surface area (Å²) in [5.41, 5.74) is 1.48. The zero-order valence-corrected chi connectivity index (χ0v) is 15.7. The lowest BCUT2D eigenvalue weighted by atomic mass is 9.98. The molecular formula is C18H18Cl3NO2. The number of rotatable bonds is 6. The minimum atomic E-state index is -0.325. The molecule has 2 aromatic rings. The molecule has 6 heteroatoms. The van der Waals surface area contributed by atoms with E-state index in [2.05, 4.69) is 19.2 Å². The number of carbonyl (C=O) groups excluding carboxylic acids is 1. The average molecular weight is 387 g/mol. The van der Waals surface area contributed by atoms with Crippen molar-refractivity contribution in [3.63, 3.8) is 0 Å². The van der Waals surface area contributed by atoms with E-state index in [1.165, 1.54) is 12.1 Å². The third-order valence-corrected chi connectivity index (χ3v) is 4.74. The van der Waals surface area contributed by atoms with Crippen molar-refractivity contribution in [1.29, 1.82) is 0 Å². The van der Waals surface area contributed by atoms with E-state index >= 15 is 0 Å². The smallest absolute Gasteiger partial charge is 0.262 e. The van der Waals surface area contributed by atoms with Gasteiger partial charge in [0.2, 0.25) is 0 Å². The van der Waals surface area contributed by atoms with Gasteiger partial charge in [0, 0.05) is 0 Å². The van der Waals surface area contributed by atoms with Crippen LogP contribution in [0.15, 0.2) is 36.4 Å². The number of amides is 1. The van der Waals surface area contributed by atoms with Crippen LogP contribution in [0.3, 0.4) is 0 Å². The van der Waals surface area contributed by atoms with Crippen LogP contribution >= 0.6 is 34.8 Å². The van der Waals surface area contributed by atoms with Crippen LogP contribution in [0.1, 0.15) is 31.7 Å². The van der Waals surface area contributed by atoms with Gasteiger partial charge in [0.1, 0.15) is 5.75 Å². The second-order valence-corrected chi connectivity index (χ2v) is 6.65. The van der Waals surface area contributed by atoms with Crippen LogP contribution in [0.2, 0.25) is 15.1 Å². The summed E-state index contributed by atoms with van der Waals surface area (Å²) in [7, 11) is 0. The number of carbonyl (C=O) groups is 1. The Kier molecular flexibility index (Phi) is 6.79. The molecule has 1 amide bonds. The van der Waals surface area contributed by atoms with Gasteiger partial charge in [0.15, 0.2) is 6.61 Å². The Balaban J connectivity index is 2.03. The zero-order chi connectivity index (χ0) is 17.7. The van der Waals surface area contributed by atoms with Gasteiger partial charge in [-0.2, -0.15) is 0 Å². The Labute approximate surface area is 156 Å². The van der Waals surface area contributed by atoms with Crippen molar-refractivity contribution in [2.24, 2.45) is 0 Å². The number of nitrogens with one attached hydrogen (secondary N) is 1. The molecule has 0 saturated carbocycles. The van der Waals surface area contributed by atoms with Gasteiger partial charge in [-0.05, 0) is 36.1 Å². The molecule has 0 heterocycles. The minimum absolute atomic E-state index is 0.121. The first-order valence-electron chi connectivity index (χ1n) is 7.58. The highest BCUT2D eigenvalue weighted by Gasteiger charge is 2.13.